The van der Waals surface area contributed by atoms with Gasteiger partial charge in [-0.25, -0.2) is 4.39 Å². The second kappa shape index (κ2) is 6.93. The molecule has 1 amide bonds. The largest absolute Gasteiger partial charge is 0.330 e. The highest BCUT2D eigenvalue weighted by molar-refractivity contribution is 7.80. The lowest BCUT2D eigenvalue weighted by Crippen LogP contribution is -2.33. The van der Waals surface area contributed by atoms with Crippen LogP contribution in [0.2, 0.25) is 0 Å². The lowest BCUT2D eigenvalue weighted by atomic mass is 10.3. The van der Waals surface area contributed by atoms with Crippen LogP contribution >= 0.6 is 23.6 Å². The number of hydrogen-bond acceptors (Lipinski definition) is 3. The molecule has 0 bridgehead atoms. The zero-order valence-electron chi connectivity index (χ0n) is 10.3. The van der Waals surface area contributed by atoms with E-state index in [1.807, 2.05) is 17.5 Å². The van der Waals surface area contributed by atoms with Gasteiger partial charge in [0.2, 0.25) is 5.91 Å². The molecule has 1 heterocycles. The van der Waals surface area contributed by atoms with Crippen LogP contribution in [0.3, 0.4) is 0 Å². The highest BCUT2D eigenvalue weighted by Gasteiger charge is 2.04. The molecule has 1 aromatic carbocycles. The molecule has 0 unspecified atom stereocenters. The maximum absolute atomic E-state index is 13.4. The monoisotopic (exact) mass is 306 g/mol. The van der Waals surface area contributed by atoms with E-state index in [2.05, 4.69) is 10.6 Å². The highest BCUT2D eigenvalue weighted by Crippen LogP contribution is 2.12. The molecule has 0 saturated heterocycles. The van der Waals surface area contributed by atoms with Crippen molar-refractivity contribution in [2.45, 2.75) is 0 Å². The van der Waals surface area contributed by atoms with Gasteiger partial charge in [0, 0.05) is 11.0 Å². The Morgan fingerprint density at radius 2 is 2.05 bits per heavy atom. The Bertz CT molecular complexity index is 638. The van der Waals surface area contributed by atoms with Gasteiger partial charge in [-0.05, 0) is 41.9 Å². The van der Waals surface area contributed by atoms with Gasteiger partial charge in [-0.3, -0.25) is 10.1 Å². The van der Waals surface area contributed by atoms with Gasteiger partial charge < -0.3 is 5.32 Å². The predicted molar refractivity (Wildman–Crippen MR) is 84.1 cm³/mol. The molecule has 20 heavy (non-hydrogen) atoms. The van der Waals surface area contributed by atoms with Crippen LogP contribution in [0.1, 0.15) is 4.88 Å². The number of thiophene rings is 1. The molecule has 0 radical (unpaired) electrons. The summed E-state index contributed by atoms with van der Waals surface area (Å²) in [5.41, 5.74) is 0.222. The Balaban J connectivity index is 1.88. The fourth-order valence-corrected chi connectivity index (χ4v) is 2.24. The molecule has 6 heteroatoms. The van der Waals surface area contributed by atoms with Crippen LogP contribution in [0, 0.1) is 5.82 Å². The van der Waals surface area contributed by atoms with Crippen LogP contribution in [-0.2, 0) is 4.79 Å². The molecule has 3 nitrogen and oxygen atoms in total. The molecule has 0 saturated carbocycles. The fraction of sp³-hybridized carbons (Fsp3) is 0. The highest BCUT2D eigenvalue weighted by atomic mass is 32.1. The number of carbonyl (C=O) groups excluding carboxylic acids is 1. The lowest BCUT2D eigenvalue weighted by molar-refractivity contribution is -0.115. The topological polar surface area (TPSA) is 41.1 Å². The molecule has 1 aromatic heterocycles. The van der Waals surface area contributed by atoms with Gasteiger partial charge >= 0.3 is 0 Å². The van der Waals surface area contributed by atoms with Gasteiger partial charge in [0.25, 0.3) is 0 Å². The number of nitrogens with one attached hydrogen (secondary N) is 2. The number of rotatable bonds is 3. The number of benzene rings is 1. The Morgan fingerprint density at radius 3 is 2.75 bits per heavy atom. The third-order valence-electron chi connectivity index (χ3n) is 2.30. The van der Waals surface area contributed by atoms with Crippen LogP contribution in [0.15, 0.2) is 47.9 Å². The molecule has 0 aliphatic heterocycles. The average Bonchev–Trinajstić information content (AvgIpc) is 2.92. The van der Waals surface area contributed by atoms with E-state index < -0.39 is 5.82 Å². The van der Waals surface area contributed by atoms with Crippen LogP contribution in [-0.4, -0.2) is 11.0 Å². The summed E-state index contributed by atoms with van der Waals surface area (Å²) in [5, 5.41) is 7.05. The summed E-state index contributed by atoms with van der Waals surface area (Å²) >= 11 is 6.47. The van der Waals surface area contributed by atoms with E-state index in [0.717, 1.165) is 4.88 Å². The Morgan fingerprint density at radius 1 is 1.25 bits per heavy atom. The third-order valence-corrected chi connectivity index (χ3v) is 3.34. The van der Waals surface area contributed by atoms with Gasteiger partial charge in [-0.1, -0.05) is 18.2 Å². The van der Waals surface area contributed by atoms with Crippen molar-refractivity contribution in [2.24, 2.45) is 0 Å². The first-order valence-corrected chi connectivity index (χ1v) is 7.02. The summed E-state index contributed by atoms with van der Waals surface area (Å²) in [6, 6.07) is 9.88. The zero-order chi connectivity index (χ0) is 14.4. The van der Waals surface area contributed by atoms with Crippen LogP contribution in [0.4, 0.5) is 10.1 Å². The van der Waals surface area contributed by atoms with Gasteiger partial charge in [-0.15, -0.1) is 11.3 Å². The van der Waals surface area contributed by atoms with Crippen molar-refractivity contribution in [3.63, 3.8) is 0 Å². The Kier molecular flexibility index (Phi) is 4.97. The van der Waals surface area contributed by atoms with E-state index >= 15 is 0 Å². The van der Waals surface area contributed by atoms with Gasteiger partial charge in [0.05, 0.1) is 5.69 Å². The van der Waals surface area contributed by atoms with E-state index in [0.29, 0.717) is 0 Å². The van der Waals surface area contributed by atoms with Gasteiger partial charge in [-0.2, -0.15) is 0 Å². The first-order valence-electron chi connectivity index (χ1n) is 5.73. The van der Waals surface area contributed by atoms with Crippen LogP contribution < -0.4 is 10.6 Å². The molecule has 102 valence electrons. The van der Waals surface area contributed by atoms with Crippen molar-refractivity contribution in [2.75, 3.05) is 5.32 Å². The third kappa shape index (κ3) is 4.25. The molecule has 0 atom stereocenters. The smallest absolute Gasteiger partial charge is 0.250 e. The predicted octanol–water partition coefficient (Wildman–Crippen LogP) is 3.41. The zero-order valence-corrected chi connectivity index (χ0v) is 11.9. The molecular weight excluding hydrogens is 295 g/mol. The van der Waals surface area contributed by atoms with Crippen molar-refractivity contribution in [1.82, 2.24) is 5.32 Å². The first-order chi connectivity index (χ1) is 9.65. The summed E-state index contributed by atoms with van der Waals surface area (Å²) in [5.74, 6) is -0.800. The Hall–Kier alpha value is -2.05. The number of carbonyl (C=O) groups is 1. The van der Waals surface area contributed by atoms with Gasteiger partial charge in [0.1, 0.15) is 5.82 Å². The van der Waals surface area contributed by atoms with Crippen LogP contribution in [0.5, 0.6) is 0 Å². The first kappa shape index (κ1) is 14.4. The van der Waals surface area contributed by atoms with E-state index in [9.17, 15) is 9.18 Å². The summed E-state index contributed by atoms with van der Waals surface area (Å²) < 4.78 is 13.4. The molecule has 2 aromatic rings. The summed E-state index contributed by atoms with van der Waals surface area (Å²) in [6.07, 6.45) is 3.06. The maximum atomic E-state index is 13.4. The van der Waals surface area contributed by atoms with E-state index in [1.165, 1.54) is 29.5 Å². The number of halogens is 1. The summed E-state index contributed by atoms with van der Waals surface area (Å²) in [6.45, 7) is 0. The number of anilines is 1. The van der Waals surface area contributed by atoms with Gasteiger partial charge in [0.15, 0.2) is 5.11 Å². The SMILES string of the molecule is O=C(C=Cc1cccs1)NC(=S)Nc1ccccc1F. The number of hydrogen-bond donors (Lipinski definition) is 2. The second-order valence-corrected chi connectivity index (χ2v) is 5.16. The number of amides is 1. The van der Waals surface area contributed by atoms with Crippen molar-refractivity contribution < 1.29 is 9.18 Å². The standard InChI is InChI=1S/C14H11FN2OS2/c15-11-5-1-2-6-12(11)16-14(19)17-13(18)8-7-10-4-3-9-20-10/h1-9H,(H2,16,17,18,19). The molecule has 2 N–H and O–H groups in total. The van der Waals surface area contributed by atoms with E-state index in [1.54, 1.807) is 18.2 Å². The molecule has 0 aliphatic carbocycles. The van der Waals surface area contributed by atoms with E-state index in [-0.39, 0.29) is 16.7 Å². The van der Waals surface area contributed by atoms with Crippen molar-refractivity contribution in [3.8, 4) is 0 Å². The second-order valence-electron chi connectivity index (χ2n) is 3.77. The molecule has 0 spiro atoms. The minimum absolute atomic E-state index is 0.0518. The molecule has 0 fully saturated rings. The van der Waals surface area contributed by atoms with Crippen molar-refractivity contribution >= 4 is 46.3 Å². The van der Waals surface area contributed by atoms with Crippen molar-refractivity contribution in [1.29, 1.82) is 0 Å². The van der Waals surface area contributed by atoms with Crippen LogP contribution in [0.25, 0.3) is 6.08 Å². The normalized spacial score (nSPS) is 10.4. The van der Waals surface area contributed by atoms with E-state index in [4.69, 9.17) is 12.2 Å². The summed E-state index contributed by atoms with van der Waals surface area (Å²) in [4.78, 5) is 12.6. The minimum atomic E-state index is -0.432. The Labute approximate surface area is 125 Å². The minimum Gasteiger partial charge on any atom is -0.330 e. The quantitative estimate of drug-likeness (QED) is 0.674. The maximum Gasteiger partial charge on any atom is 0.250 e. The molecule has 2 rings (SSSR count). The fourth-order valence-electron chi connectivity index (χ4n) is 1.41. The summed E-state index contributed by atoms with van der Waals surface area (Å²) in [7, 11) is 0. The molecular formula is C14H11FN2OS2. The number of para-hydroxylation sites is 1. The number of thiocarbonyl (C=S) groups is 1. The average molecular weight is 306 g/mol. The van der Waals surface area contributed by atoms with Crippen molar-refractivity contribution in [3.05, 3.63) is 58.5 Å². The molecule has 0 aliphatic rings. The lowest BCUT2D eigenvalue weighted by Gasteiger charge is -2.08.